The highest BCUT2D eigenvalue weighted by atomic mass is 16.6. The third kappa shape index (κ3) is 4.13. The monoisotopic (exact) mass is 454 g/mol. The zero-order chi connectivity index (χ0) is 23.9. The summed E-state index contributed by atoms with van der Waals surface area (Å²) in [5.74, 6) is -1.56. The lowest BCUT2D eigenvalue weighted by atomic mass is 9.80. The molecule has 1 aliphatic heterocycles. The van der Waals surface area contributed by atoms with Crippen LogP contribution in [0.1, 0.15) is 50.3 Å². The molecule has 2 aromatic carbocycles. The Morgan fingerprint density at radius 1 is 0.848 bits per heavy atom. The Labute approximate surface area is 189 Å². The summed E-state index contributed by atoms with van der Waals surface area (Å²) in [6, 6.07) is 8.28. The first-order chi connectivity index (χ1) is 15.6. The van der Waals surface area contributed by atoms with Crippen LogP contribution in [0, 0.1) is 0 Å². The van der Waals surface area contributed by atoms with E-state index in [1.54, 1.807) is 30.3 Å². The Morgan fingerprint density at radius 2 is 1.52 bits per heavy atom. The molecule has 1 aliphatic carbocycles. The van der Waals surface area contributed by atoms with Crippen LogP contribution in [0.3, 0.4) is 0 Å². The molecule has 1 heterocycles. The molecule has 9 heteroatoms. The van der Waals surface area contributed by atoms with Gasteiger partial charge in [-0.1, -0.05) is 12.1 Å². The lowest BCUT2D eigenvalue weighted by Gasteiger charge is -2.39. The molecule has 0 spiro atoms. The van der Waals surface area contributed by atoms with Gasteiger partial charge in [0.15, 0.2) is 17.1 Å². The predicted octanol–water partition coefficient (Wildman–Crippen LogP) is 2.84. The van der Waals surface area contributed by atoms with Gasteiger partial charge in [0.1, 0.15) is 18.1 Å². The van der Waals surface area contributed by atoms with E-state index in [-0.39, 0.29) is 24.5 Å². The number of benzene rings is 2. The number of ether oxygens (including phenoxy) is 5. The van der Waals surface area contributed by atoms with Crippen molar-refractivity contribution in [3.8, 4) is 23.0 Å². The fraction of sp³-hybridized carbons (Fsp3) is 0.333. The van der Waals surface area contributed by atoms with Gasteiger partial charge in [0.05, 0.1) is 5.92 Å². The number of hydrogen-bond acceptors (Lipinski definition) is 9. The van der Waals surface area contributed by atoms with E-state index in [0.717, 1.165) is 5.56 Å². The number of rotatable bonds is 4. The van der Waals surface area contributed by atoms with Gasteiger partial charge in [0, 0.05) is 51.3 Å². The van der Waals surface area contributed by atoms with Gasteiger partial charge < -0.3 is 23.7 Å². The van der Waals surface area contributed by atoms with Gasteiger partial charge in [-0.15, -0.1) is 0 Å². The van der Waals surface area contributed by atoms with Gasteiger partial charge in [-0.25, -0.2) is 0 Å². The van der Waals surface area contributed by atoms with E-state index in [4.69, 9.17) is 23.7 Å². The quantitative estimate of drug-likeness (QED) is 0.508. The van der Waals surface area contributed by atoms with Gasteiger partial charge in [0.25, 0.3) is 0 Å². The summed E-state index contributed by atoms with van der Waals surface area (Å²) >= 11 is 0. The van der Waals surface area contributed by atoms with Crippen LogP contribution in [0.15, 0.2) is 30.3 Å². The Bertz CT molecular complexity index is 1180. The average Bonchev–Trinajstić information content (AvgIpc) is 3.02. The second-order valence-electron chi connectivity index (χ2n) is 8.00. The number of hydrogen-bond donors (Lipinski definition) is 0. The van der Waals surface area contributed by atoms with E-state index in [1.807, 2.05) is 0 Å². The van der Waals surface area contributed by atoms with Crippen molar-refractivity contribution >= 4 is 23.9 Å². The van der Waals surface area contributed by atoms with Crippen LogP contribution in [0.4, 0.5) is 0 Å². The van der Waals surface area contributed by atoms with Crippen molar-refractivity contribution in [1.82, 2.24) is 0 Å². The summed E-state index contributed by atoms with van der Waals surface area (Å²) in [4.78, 5) is 46.8. The summed E-state index contributed by atoms with van der Waals surface area (Å²) < 4.78 is 27.6. The van der Waals surface area contributed by atoms with E-state index in [2.05, 4.69) is 0 Å². The van der Waals surface area contributed by atoms with Crippen molar-refractivity contribution in [2.45, 2.75) is 45.6 Å². The Hall–Kier alpha value is -3.88. The molecule has 0 N–H and O–H groups in total. The van der Waals surface area contributed by atoms with Crippen LogP contribution >= 0.6 is 0 Å². The highest BCUT2D eigenvalue weighted by Gasteiger charge is 2.55. The maximum Gasteiger partial charge on any atom is 0.308 e. The Morgan fingerprint density at radius 3 is 2.15 bits per heavy atom. The average molecular weight is 454 g/mol. The minimum absolute atomic E-state index is 0.0187. The standard InChI is InChI=1S/C24H22O9/c1-12(25)30-16-5-6-18-21(9-16)29-11-24(33-15(4)28)10-19-17(22(18)24)7-8-20(31-13(2)26)23(19)32-14(3)27/h5-9,22H,10-11H2,1-4H3/t22-,24-/m1/s1. The molecular weight excluding hydrogens is 432 g/mol. The van der Waals surface area contributed by atoms with Crippen LogP contribution in [0.25, 0.3) is 0 Å². The van der Waals surface area contributed by atoms with Crippen LogP contribution in [-0.4, -0.2) is 36.1 Å². The molecule has 0 aromatic heterocycles. The highest BCUT2D eigenvalue weighted by molar-refractivity contribution is 5.76. The van der Waals surface area contributed by atoms with Gasteiger partial charge in [-0.3, -0.25) is 19.2 Å². The smallest absolute Gasteiger partial charge is 0.308 e. The van der Waals surface area contributed by atoms with E-state index >= 15 is 0 Å². The summed E-state index contributed by atoms with van der Waals surface area (Å²) in [5.41, 5.74) is 0.934. The maximum atomic E-state index is 12.1. The van der Waals surface area contributed by atoms with Gasteiger partial charge in [0.2, 0.25) is 0 Å². The van der Waals surface area contributed by atoms with Gasteiger partial charge in [-0.2, -0.15) is 0 Å². The van der Waals surface area contributed by atoms with Crippen LogP contribution in [-0.2, 0) is 30.3 Å². The lowest BCUT2D eigenvalue weighted by molar-refractivity contribution is -0.162. The molecule has 0 radical (unpaired) electrons. The second kappa shape index (κ2) is 8.23. The number of carbonyl (C=O) groups is 4. The molecule has 0 amide bonds. The van der Waals surface area contributed by atoms with E-state index in [1.165, 1.54) is 27.7 Å². The second-order valence-corrected chi connectivity index (χ2v) is 8.00. The molecule has 0 saturated heterocycles. The largest absolute Gasteiger partial charge is 0.489 e. The first-order valence-corrected chi connectivity index (χ1v) is 10.3. The summed E-state index contributed by atoms with van der Waals surface area (Å²) in [5, 5.41) is 0. The minimum Gasteiger partial charge on any atom is -0.489 e. The number of esters is 4. The molecule has 2 atom stereocenters. The fourth-order valence-electron chi connectivity index (χ4n) is 4.55. The van der Waals surface area contributed by atoms with E-state index in [0.29, 0.717) is 22.6 Å². The van der Waals surface area contributed by atoms with E-state index in [9.17, 15) is 19.2 Å². The molecule has 0 bridgehead atoms. The summed E-state index contributed by atoms with van der Waals surface area (Å²) in [7, 11) is 0. The number of carbonyl (C=O) groups excluding carboxylic acids is 4. The zero-order valence-corrected chi connectivity index (χ0v) is 18.6. The molecule has 0 saturated carbocycles. The molecule has 2 aromatic rings. The molecule has 9 nitrogen and oxygen atoms in total. The van der Waals surface area contributed by atoms with Crippen molar-refractivity contribution in [2.24, 2.45) is 0 Å². The van der Waals surface area contributed by atoms with Crippen molar-refractivity contribution in [1.29, 1.82) is 0 Å². The van der Waals surface area contributed by atoms with Crippen molar-refractivity contribution < 1.29 is 42.9 Å². The van der Waals surface area contributed by atoms with E-state index < -0.39 is 35.4 Å². The zero-order valence-electron chi connectivity index (χ0n) is 18.6. The molecule has 0 unspecified atom stereocenters. The summed E-state index contributed by atoms with van der Waals surface area (Å²) in [6.45, 7) is 5.12. The lowest BCUT2D eigenvalue weighted by Crippen LogP contribution is -2.47. The Balaban J connectivity index is 1.89. The SMILES string of the molecule is CC(=O)Oc1ccc2c(c1)OC[C@]1(OC(C)=O)Cc3c(ccc(OC(C)=O)c3OC(C)=O)[C@H]21. The first-order valence-electron chi connectivity index (χ1n) is 10.3. The van der Waals surface area contributed by atoms with Gasteiger partial charge >= 0.3 is 23.9 Å². The molecule has 0 fully saturated rings. The van der Waals surface area contributed by atoms with Crippen molar-refractivity contribution in [3.05, 3.63) is 47.0 Å². The third-order valence-electron chi connectivity index (χ3n) is 5.45. The molecule has 4 rings (SSSR count). The van der Waals surface area contributed by atoms with Crippen molar-refractivity contribution in [2.75, 3.05) is 6.61 Å². The van der Waals surface area contributed by atoms with Crippen LogP contribution < -0.4 is 18.9 Å². The third-order valence-corrected chi connectivity index (χ3v) is 5.45. The first kappa shape index (κ1) is 22.3. The normalized spacial score (nSPS) is 19.8. The highest BCUT2D eigenvalue weighted by Crippen LogP contribution is 2.56. The molecule has 33 heavy (non-hydrogen) atoms. The molecule has 172 valence electrons. The molecular formula is C24H22O9. The Kier molecular flexibility index (Phi) is 5.57. The van der Waals surface area contributed by atoms with Crippen molar-refractivity contribution in [3.63, 3.8) is 0 Å². The number of fused-ring (bicyclic) bond motifs is 5. The molecule has 2 aliphatic rings. The predicted molar refractivity (Wildman–Crippen MR) is 112 cm³/mol. The topological polar surface area (TPSA) is 114 Å². The maximum absolute atomic E-state index is 12.1. The van der Waals surface area contributed by atoms with Crippen LogP contribution in [0.2, 0.25) is 0 Å². The van der Waals surface area contributed by atoms with Crippen LogP contribution in [0.5, 0.6) is 23.0 Å². The fourth-order valence-corrected chi connectivity index (χ4v) is 4.55. The van der Waals surface area contributed by atoms with Gasteiger partial charge in [-0.05, 0) is 17.7 Å². The minimum atomic E-state index is -1.10. The summed E-state index contributed by atoms with van der Waals surface area (Å²) in [6.07, 6.45) is 0.176.